The molecule has 8 heteroatoms. The number of benzene rings is 3. The van der Waals surface area contributed by atoms with Crippen LogP contribution in [0.2, 0.25) is 0 Å². The fourth-order valence-corrected chi connectivity index (χ4v) is 3.85. The first kappa shape index (κ1) is 22.9. The van der Waals surface area contributed by atoms with Gasteiger partial charge in [-0.25, -0.2) is 19.2 Å². The molecule has 0 aliphatic carbocycles. The minimum atomic E-state index is -0.631. The Kier molecular flexibility index (Phi) is 7.25. The van der Waals surface area contributed by atoms with Crippen LogP contribution in [0.25, 0.3) is 0 Å². The molecule has 0 aromatic heterocycles. The van der Waals surface area contributed by atoms with Crippen LogP contribution in [0.4, 0.5) is 22.7 Å². The maximum Gasteiger partial charge on any atom is 0.240 e. The molecule has 0 aliphatic heterocycles. The van der Waals surface area contributed by atoms with Crippen LogP contribution in [-0.2, 0) is 19.2 Å². The predicted octanol–water partition coefficient (Wildman–Crippen LogP) is 5.35. The van der Waals surface area contributed by atoms with Crippen molar-refractivity contribution in [3.05, 3.63) is 82.4 Å². The Balaban J connectivity index is 2.57. The molecule has 0 fully saturated rings. The van der Waals surface area contributed by atoms with Gasteiger partial charge in [0.1, 0.15) is 22.7 Å². The number of rotatable bonds is 7. The van der Waals surface area contributed by atoms with Gasteiger partial charge in [-0.3, -0.25) is 0 Å². The van der Waals surface area contributed by atoms with Crippen LogP contribution < -0.4 is 0 Å². The van der Waals surface area contributed by atoms with Crippen LogP contribution >= 0.6 is 0 Å². The second kappa shape index (κ2) is 10.5. The summed E-state index contributed by atoms with van der Waals surface area (Å²) >= 11 is 0. The van der Waals surface area contributed by atoms with E-state index in [0.29, 0.717) is 11.1 Å². The minimum absolute atomic E-state index is 0.131. The SMILES string of the molecule is Cc1ccc(N=C=O)c(N=C=O)c1C(c1ccccc1)c1c(C)ccc(N=C=O)c1N=C=O. The molecule has 0 saturated carbocycles. The Bertz CT molecular complexity index is 1320. The monoisotopic (exact) mass is 436 g/mol. The summed E-state index contributed by atoms with van der Waals surface area (Å²) in [6.07, 6.45) is 6.00. The third-order valence-electron chi connectivity index (χ3n) is 5.18. The zero-order valence-electron chi connectivity index (χ0n) is 17.7. The van der Waals surface area contributed by atoms with Crippen LogP contribution in [0.15, 0.2) is 74.6 Å². The first-order valence-electron chi connectivity index (χ1n) is 9.70. The lowest BCUT2D eigenvalue weighted by Crippen LogP contribution is -2.08. The lowest BCUT2D eigenvalue weighted by molar-refractivity contribution is 0.564. The molecule has 3 aromatic carbocycles. The molecule has 0 unspecified atom stereocenters. The molecular weight excluding hydrogens is 420 g/mol. The zero-order valence-corrected chi connectivity index (χ0v) is 17.7. The third-order valence-corrected chi connectivity index (χ3v) is 5.18. The molecule has 3 aromatic rings. The highest BCUT2D eigenvalue weighted by atomic mass is 16.1. The van der Waals surface area contributed by atoms with Gasteiger partial charge in [0.15, 0.2) is 0 Å². The Morgan fingerprint density at radius 2 is 1.00 bits per heavy atom. The van der Waals surface area contributed by atoms with Crippen LogP contribution in [0, 0.1) is 13.8 Å². The number of hydrogen-bond acceptors (Lipinski definition) is 8. The van der Waals surface area contributed by atoms with E-state index >= 15 is 0 Å². The molecule has 0 radical (unpaired) electrons. The summed E-state index contributed by atoms with van der Waals surface area (Å²) in [5, 5.41) is 0. The largest absolute Gasteiger partial charge is 0.240 e. The number of nitrogens with zero attached hydrogens (tertiary/aromatic N) is 4. The quantitative estimate of drug-likeness (QED) is 0.282. The van der Waals surface area contributed by atoms with Gasteiger partial charge < -0.3 is 0 Å². The van der Waals surface area contributed by atoms with E-state index in [9.17, 15) is 19.2 Å². The molecule has 0 bridgehead atoms. The summed E-state index contributed by atoms with van der Waals surface area (Å²) in [5.74, 6) is -0.631. The maximum atomic E-state index is 11.3. The normalized spacial score (nSPS) is 10.6. The van der Waals surface area contributed by atoms with E-state index < -0.39 is 5.92 Å². The Labute approximate surface area is 188 Å². The van der Waals surface area contributed by atoms with E-state index in [2.05, 4.69) is 20.0 Å². The highest BCUT2D eigenvalue weighted by Gasteiger charge is 2.28. The first-order chi connectivity index (χ1) is 16.1. The zero-order chi connectivity index (χ0) is 23.8. The van der Waals surface area contributed by atoms with Crippen molar-refractivity contribution in [2.75, 3.05) is 0 Å². The molecule has 8 nitrogen and oxygen atoms in total. The third kappa shape index (κ3) is 4.60. The number of hydrogen-bond donors (Lipinski definition) is 0. The molecule has 0 heterocycles. The van der Waals surface area contributed by atoms with Gasteiger partial charge in [0.2, 0.25) is 24.3 Å². The van der Waals surface area contributed by atoms with Crippen LogP contribution in [0.1, 0.15) is 33.7 Å². The summed E-state index contributed by atoms with van der Waals surface area (Å²) in [6.45, 7) is 3.63. The van der Waals surface area contributed by atoms with E-state index in [1.807, 2.05) is 44.2 Å². The van der Waals surface area contributed by atoms with Gasteiger partial charge in [0.05, 0.1) is 0 Å². The highest BCUT2D eigenvalue weighted by Crippen LogP contribution is 2.49. The van der Waals surface area contributed by atoms with E-state index in [1.165, 1.54) is 24.3 Å². The number of aryl methyl sites for hydroxylation is 2. The Morgan fingerprint density at radius 3 is 1.39 bits per heavy atom. The van der Waals surface area contributed by atoms with Gasteiger partial charge in [0, 0.05) is 5.92 Å². The molecule has 160 valence electrons. The summed E-state index contributed by atoms with van der Waals surface area (Å²) in [6, 6.07) is 15.8. The topological polar surface area (TPSA) is 118 Å². The van der Waals surface area contributed by atoms with Crippen molar-refractivity contribution < 1.29 is 19.2 Å². The number of carbonyl (C=O) groups excluding carboxylic acids is 4. The standard InChI is InChI=1S/C25H16N4O4/c1-16-8-10-19(26-12-30)24(28-14-32)21(16)23(18-6-4-3-5-7-18)22-17(2)9-11-20(27-13-31)25(22)29-15-33/h3-11,23H,1-2H3. The number of aliphatic imine (C=N–C) groups is 4. The smallest absolute Gasteiger partial charge is 0.211 e. The van der Waals surface area contributed by atoms with Gasteiger partial charge in [-0.2, -0.15) is 20.0 Å². The highest BCUT2D eigenvalue weighted by molar-refractivity contribution is 5.80. The summed E-state index contributed by atoms with van der Waals surface area (Å²) in [5.41, 5.74) is 3.84. The molecule has 33 heavy (non-hydrogen) atoms. The van der Waals surface area contributed by atoms with Crippen molar-refractivity contribution in [3.8, 4) is 0 Å². The molecule has 0 atom stereocenters. The van der Waals surface area contributed by atoms with Gasteiger partial charge >= 0.3 is 0 Å². The van der Waals surface area contributed by atoms with Gasteiger partial charge in [-0.15, -0.1) is 0 Å². The fraction of sp³-hybridized carbons (Fsp3) is 0.120. The molecule has 0 saturated heterocycles. The second-order valence-corrected chi connectivity index (χ2v) is 6.98. The average Bonchev–Trinajstić information content (AvgIpc) is 2.82. The first-order valence-corrected chi connectivity index (χ1v) is 9.70. The second-order valence-electron chi connectivity index (χ2n) is 6.98. The van der Waals surface area contributed by atoms with Crippen molar-refractivity contribution in [2.24, 2.45) is 20.0 Å². The van der Waals surface area contributed by atoms with E-state index in [0.717, 1.165) is 16.7 Å². The molecule has 3 rings (SSSR count). The van der Waals surface area contributed by atoms with Crippen molar-refractivity contribution in [3.63, 3.8) is 0 Å². The maximum absolute atomic E-state index is 11.3. The Morgan fingerprint density at radius 1 is 0.576 bits per heavy atom. The van der Waals surface area contributed by atoms with Crippen LogP contribution in [0.5, 0.6) is 0 Å². The molecule has 0 aliphatic rings. The average molecular weight is 436 g/mol. The summed E-state index contributed by atoms with van der Waals surface area (Å²) in [4.78, 5) is 59.7. The van der Waals surface area contributed by atoms with Crippen molar-refractivity contribution in [1.82, 2.24) is 0 Å². The molecular formula is C25H16N4O4. The van der Waals surface area contributed by atoms with Gasteiger partial charge in [-0.05, 0) is 53.8 Å². The van der Waals surface area contributed by atoms with E-state index in [1.54, 1.807) is 24.3 Å². The van der Waals surface area contributed by atoms with E-state index in [-0.39, 0.29) is 22.7 Å². The van der Waals surface area contributed by atoms with Crippen LogP contribution in [-0.4, -0.2) is 24.3 Å². The Hall–Kier alpha value is -4.82. The molecule has 0 spiro atoms. The van der Waals surface area contributed by atoms with Crippen LogP contribution in [0.3, 0.4) is 0 Å². The summed E-state index contributed by atoms with van der Waals surface area (Å²) in [7, 11) is 0. The fourth-order valence-electron chi connectivity index (χ4n) is 3.85. The van der Waals surface area contributed by atoms with Gasteiger partial charge in [-0.1, -0.05) is 42.5 Å². The predicted molar refractivity (Wildman–Crippen MR) is 121 cm³/mol. The lowest BCUT2D eigenvalue weighted by atomic mass is 9.79. The van der Waals surface area contributed by atoms with E-state index in [4.69, 9.17) is 0 Å². The van der Waals surface area contributed by atoms with Crippen molar-refractivity contribution in [1.29, 1.82) is 0 Å². The van der Waals surface area contributed by atoms with Gasteiger partial charge in [0.25, 0.3) is 0 Å². The van der Waals surface area contributed by atoms with Crippen molar-refractivity contribution >= 4 is 47.1 Å². The molecule has 0 N–H and O–H groups in total. The molecule has 0 amide bonds. The number of isocyanates is 4. The minimum Gasteiger partial charge on any atom is -0.211 e. The lowest BCUT2D eigenvalue weighted by Gasteiger charge is -2.25. The van der Waals surface area contributed by atoms with Crippen molar-refractivity contribution in [2.45, 2.75) is 19.8 Å². The summed E-state index contributed by atoms with van der Waals surface area (Å²) < 4.78 is 0.